The number of aryl methyl sites for hydroxylation is 1. The summed E-state index contributed by atoms with van der Waals surface area (Å²) in [7, 11) is 1.63. The smallest absolute Gasteiger partial charge is 0.408 e. The van der Waals surface area contributed by atoms with Crippen LogP contribution in [0.25, 0.3) is 11.1 Å². The van der Waals surface area contributed by atoms with Crippen LogP contribution in [0.1, 0.15) is 10.4 Å². The van der Waals surface area contributed by atoms with Gasteiger partial charge in [-0.05, 0) is 18.2 Å². The molecular formula is C16H19ClN2O4. The molecule has 1 aliphatic rings. The molecule has 0 amide bonds. The third-order valence-corrected chi connectivity index (χ3v) is 3.89. The number of carbonyl (C=O) groups excluding carboxylic acids is 1. The maximum Gasteiger partial charge on any atom is 0.419 e. The summed E-state index contributed by atoms with van der Waals surface area (Å²) in [6, 6.07) is 5.02. The largest absolute Gasteiger partial charge is 0.419 e. The van der Waals surface area contributed by atoms with E-state index in [2.05, 4.69) is 11.5 Å². The monoisotopic (exact) mass is 338 g/mol. The van der Waals surface area contributed by atoms with E-state index in [-0.39, 0.29) is 18.2 Å². The molecule has 1 fully saturated rings. The number of hydrogen-bond acceptors (Lipinski definition) is 5. The Labute approximate surface area is 139 Å². The Bertz CT molecular complexity index is 787. The molecule has 0 bridgehead atoms. The number of ether oxygens (including phenoxy) is 1. The molecule has 2 heterocycles. The average Bonchev–Trinajstić information content (AvgIpc) is 2.81. The summed E-state index contributed by atoms with van der Waals surface area (Å²) in [5, 5.41) is 0. The highest BCUT2D eigenvalue weighted by Crippen LogP contribution is 2.17. The number of benzene rings is 1. The number of nitrogens with zero attached hydrogens (tertiary/aromatic N) is 2. The summed E-state index contributed by atoms with van der Waals surface area (Å²) in [6.07, 6.45) is 0. The maximum atomic E-state index is 12.5. The molecule has 23 heavy (non-hydrogen) atoms. The van der Waals surface area contributed by atoms with Crippen LogP contribution < -0.4 is 5.76 Å². The van der Waals surface area contributed by atoms with Crippen molar-refractivity contribution in [3.05, 3.63) is 46.5 Å². The first-order chi connectivity index (χ1) is 10.6. The van der Waals surface area contributed by atoms with E-state index in [4.69, 9.17) is 9.15 Å². The van der Waals surface area contributed by atoms with E-state index in [1.54, 1.807) is 25.2 Å². The lowest BCUT2D eigenvalue weighted by Crippen LogP contribution is -2.38. The first kappa shape index (κ1) is 17.5. The molecule has 1 aliphatic heterocycles. The van der Waals surface area contributed by atoms with Gasteiger partial charge in [-0.15, -0.1) is 12.4 Å². The Kier molecular flexibility index (Phi) is 5.41. The van der Waals surface area contributed by atoms with Gasteiger partial charge < -0.3 is 9.15 Å². The number of ketones is 1. The quantitative estimate of drug-likeness (QED) is 0.626. The predicted molar refractivity (Wildman–Crippen MR) is 89.4 cm³/mol. The number of Topliss-reactive ketones (excluding diaryl/α,β-unsaturated/α-hetero) is 1. The van der Waals surface area contributed by atoms with Crippen LogP contribution in [-0.2, 0) is 11.8 Å². The molecule has 0 unspecified atom stereocenters. The van der Waals surface area contributed by atoms with Gasteiger partial charge >= 0.3 is 5.76 Å². The Balaban J connectivity index is 0.00000192. The second-order valence-corrected chi connectivity index (χ2v) is 5.43. The lowest BCUT2D eigenvalue weighted by atomic mass is 10.0. The third kappa shape index (κ3) is 3.55. The highest BCUT2D eigenvalue weighted by Gasteiger charge is 2.17. The number of hydrogen-bond donors (Lipinski definition) is 0. The molecule has 0 spiro atoms. The minimum absolute atomic E-state index is 0. The van der Waals surface area contributed by atoms with Gasteiger partial charge in [0.15, 0.2) is 11.4 Å². The molecule has 1 saturated heterocycles. The molecule has 2 aromatic rings. The zero-order valence-electron chi connectivity index (χ0n) is 12.9. The normalized spacial score (nSPS) is 15.3. The van der Waals surface area contributed by atoms with Crippen molar-refractivity contribution in [3.63, 3.8) is 0 Å². The first-order valence-corrected chi connectivity index (χ1v) is 7.18. The van der Waals surface area contributed by atoms with Gasteiger partial charge in [-0.1, -0.05) is 6.58 Å². The second kappa shape index (κ2) is 7.12. The number of rotatable bonds is 4. The van der Waals surface area contributed by atoms with Gasteiger partial charge in [-0.2, -0.15) is 0 Å². The van der Waals surface area contributed by atoms with Crippen molar-refractivity contribution in [3.8, 4) is 0 Å². The van der Waals surface area contributed by atoms with Gasteiger partial charge in [0.25, 0.3) is 0 Å². The molecule has 0 aliphatic carbocycles. The van der Waals surface area contributed by atoms with E-state index in [0.717, 1.165) is 13.1 Å². The lowest BCUT2D eigenvalue weighted by molar-refractivity contribution is 0.0418. The minimum atomic E-state index is -0.438. The van der Waals surface area contributed by atoms with Crippen molar-refractivity contribution in [1.29, 1.82) is 0 Å². The molecular weight excluding hydrogens is 320 g/mol. The van der Waals surface area contributed by atoms with Gasteiger partial charge in [0.2, 0.25) is 0 Å². The van der Waals surface area contributed by atoms with E-state index in [1.807, 2.05) is 0 Å². The van der Waals surface area contributed by atoms with Gasteiger partial charge in [0, 0.05) is 37.8 Å². The maximum absolute atomic E-state index is 12.5. The number of fused-ring (bicyclic) bond motifs is 1. The molecule has 3 rings (SSSR count). The second-order valence-electron chi connectivity index (χ2n) is 5.43. The van der Waals surface area contributed by atoms with Gasteiger partial charge in [0.1, 0.15) is 0 Å². The van der Waals surface area contributed by atoms with Crippen LogP contribution in [0.2, 0.25) is 0 Å². The van der Waals surface area contributed by atoms with Crippen LogP contribution in [-0.4, -0.2) is 48.1 Å². The van der Waals surface area contributed by atoms with E-state index < -0.39 is 5.76 Å². The van der Waals surface area contributed by atoms with Crippen molar-refractivity contribution < 1.29 is 13.9 Å². The summed E-state index contributed by atoms with van der Waals surface area (Å²) in [4.78, 5) is 26.1. The Morgan fingerprint density at radius 2 is 2.00 bits per heavy atom. The van der Waals surface area contributed by atoms with E-state index in [1.165, 1.54) is 4.57 Å². The first-order valence-electron chi connectivity index (χ1n) is 7.18. The lowest BCUT2D eigenvalue weighted by Gasteiger charge is -2.26. The molecule has 0 atom stereocenters. The van der Waals surface area contributed by atoms with Crippen molar-refractivity contribution in [2.24, 2.45) is 7.05 Å². The highest BCUT2D eigenvalue weighted by molar-refractivity contribution is 6.09. The minimum Gasteiger partial charge on any atom is -0.408 e. The number of morpholine rings is 1. The van der Waals surface area contributed by atoms with E-state index >= 15 is 0 Å². The standard InChI is InChI=1S/C16H18N2O4.ClH/c1-11(10-18-5-7-21-8-6-18)15(19)12-3-4-13-14(9-12)22-16(20)17(13)2;/h3-4,9H,1,5-8,10H2,2H3;1H. The van der Waals surface area contributed by atoms with Crippen LogP contribution in [0, 0.1) is 0 Å². The number of oxazole rings is 1. The van der Waals surface area contributed by atoms with Crippen molar-refractivity contribution in [2.45, 2.75) is 0 Å². The Morgan fingerprint density at radius 3 is 2.70 bits per heavy atom. The average molecular weight is 339 g/mol. The summed E-state index contributed by atoms with van der Waals surface area (Å²) in [5.41, 5.74) is 2.09. The number of carbonyl (C=O) groups is 1. The molecule has 124 valence electrons. The van der Waals surface area contributed by atoms with Crippen LogP contribution in [0.3, 0.4) is 0 Å². The molecule has 0 radical (unpaired) electrons. The zero-order valence-corrected chi connectivity index (χ0v) is 13.7. The van der Waals surface area contributed by atoms with Gasteiger partial charge in [-0.3, -0.25) is 14.3 Å². The number of halogens is 1. The van der Waals surface area contributed by atoms with Gasteiger partial charge in [0.05, 0.1) is 18.7 Å². The van der Waals surface area contributed by atoms with E-state index in [9.17, 15) is 9.59 Å². The van der Waals surface area contributed by atoms with Gasteiger partial charge in [-0.25, -0.2) is 4.79 Å². The molecule has 0 saturated carbocycles. The fourth-order valence-electron chi connectivity index (χ4n) is 2.58. The molecule has 6 nitrogen and oxygen atoms in total. The molecule has 1 aromatic heterocycles. The fraction of sp³-hybridized carbons (Fsp3) is 0.375. The third-order valence-electron chi connectivity index (χ3n) is 3.89. The SMILES string of the molecule is C=C(CN1CCOCC1)C(=O)c1ccc2c(c1)oc(=O)n2C.Cl. The fourth-order valence-corrected chi connectivity index (χ4v) is 2.58. The number of aromatic nitrogens is 1. The summed E-state index contributed by atoms with van der Waals surface area (Å²) < 4.78 is 11.8. The van der Waals surface area contributed by atoms with Crippen LogP contribution in [0.4, 0.5) is 0 Å². The highest BCUT2D eigenvalue weighted by atomic mass is 35.5. The molecule has 1 aromatic carbocycles. The van der Waals surface area contributed by atoms with Crippen molar-refractivity contribution >= 4 is 29.3 Å². The van der Waals surface area contributed by atoms with Crippen LogP contribution in [0.5, 0.6) is 0 Å². The zero-order chi connectivity index (χ0) is 15.7. The Morgan fingerprint density at radius 1 is 1.30 bits per heavy atom. The molecule has 7 heteroatoms. The summed E-state index contributed by atoms with van der Waals surface area (Å²) in [5.74, 6) is -0.563. The van der Waals surface area contributed by atoms with Crippen molar-refractivity contribution in [1.82, 2.24) is 9.47 Å². The summed E-state index contributed by atoms with van der Waals surface area (Å²) in [6.45, 7) is 7.40. The Hall–Kier alpha value is -1.89. The predicted octanol–water partition coefficient (Wildman–Crippen LogP) is 1.62. The van der Waals surface area contributed by atoms with Crippen molar-refractivity contribution in [2.75, 3.05) is 32.8 Å². The summed E-state index contributed by atoms with van der Waals surface area (Å²) >= 11 is 0. The van der Waals surface area contributed by atoms with Crippen LogP contribution >= 0.6 is 12.4 Å². The van der Waals surface area contributed by atoms with Crippen LogP contribution in [0.15, 0.2) is 39.6 Å². The topological polar surface area (TPSA) is 64.7 Å². The molecule has 0 N–H and O–H groups in total. The van der Waals surface area contributed by atoms with E-state index in [0.29, 0.717) is 42.0 Å².